The highest BCUT2D eigenvalue weighted by molar-refractivity contribution is 5.88. The van der Waals surface area contributed by atoms with Crippen molar-refractivity contribution in [2.75, 3.05) is 13.1 Å². The minimum atomic E-state index is -0.277. The average molecular weight is 280 g/mol. The molecule has 0 aromatic rings. The first kappa shape index (κ1) is 15.1. The zero-order chi connectivity index (χ0) is 14.4. The lowest BCUT2D eigenvalue weighted by Crippen LogP contribution is -2.50. The van der Waals surface area contributed by atoms with Gasteiger partial charge in [0, 0.05) is 13.1 Å². The molecule has 2 fully saturated rings. The van der Waals surface area contributed by atoms with Crippen LogP contribution in [-0.4, -0.2) is 41.9 Å². The average Bonchev–Trinajstić information content (AvgIpc) is 2.48. The number of piperidine rings is 1. The Morgan fingerprint density at radius 3 is 2.40 bits per heavy atom. The summed E-state index contributed by atoms with van der Waals surface area (Å²) in [6, 6.07) is 0.0639. The highest BCUT2D eigenvalue weighted by Gasteiger charge is 2.22. The van der Waals surface area contributed by atoms with Crippen molar-refractivity contribution >= 4 is 11.9 Å². The molecule has 1 heterocycles. The van der Waals surface area contributed by atoms with Gasteiger partial charge >= 0.3 is 0 Å². The Hall–Kier alpha value is -1.26. The maximum Gasteiger partial charge on any atom is 0.244 e. The Bertz CT molecular complexity index is 344. The van der Waals surface area contributed by atoms with Crippen molar-refractivity contribution < 1.29 is 4.79 Å². The number of likely N-dealkylation sites (tertiary alicyclic amines) is 1. The second-order valence-corrected chi connectivity index (χ2v) is 6.06. The fourth-order valence-corrected chi connectivity index (χ4v) is 3.12. The van der Waals surface area contributed by atoms with Gasteiger partial charge in [-0.2, -0.15) is 0 Å². The molecule has 20 heavy (non-hydrogen) atoms. The Balaban J connectivity index is 1.81. The Morgan fingerprint density at radius 2 is 1.75 bits per heavy atom. The predicted molar refractivity (Wildman–Crippen MR) is 81.5 cm³/mol. The Kier molecular flexibility index (Phi) is 5.68. The summed E-state index contributed by atoms with van der Waals surface area (Å²) in [4.78, 5) is 18.7. The molecule has 1 atom stereocenters. The maximum absolute atomic E-state index is 12.3. The summed E-state index contributed by atoms with van der Waals surface area (Å²) in [6.07, 6.45) is 9.50. The number of hydrogen-bond donors (Lipinski definition) is 2. The predicted octanol–water partition coefficient (Wildman–Crippen LogP) is 1.62. The van der Waals surface area contributed by atoms with E-state index < -0.39 is 0 Å². The molecular weight excluding hydrogens is 252 g/mol. The summed E-state index contributed by atoms with van der Waals surface area (Å²) in [5, 5.41) is 3.06. The van der Waals surface area contributed by atoms with Crippen molar-refractivity contribution in [3.8, 4) is 0 Å². The minimum Gasteiger partial charge on any atom is -0.370 e. The molecule has 1 aliphatic heterocycles. The van der Waals surface area contributed by atoms with E-state index in [4.69, 9.17) is 5.73 Å². The number of guanidine groups is 1. The lowest BCUT2D eigenvalue weighted by atomic mass is 9.96. The molecule has 2 aliphatic rings. The van der Waals surface area contributed by atoms with E-state index in [0.29, 0.717) is 12.0 Å². The number of aliphatic imine (C=N–C) groups is 1. The second kappa shape index (κ2) is 7.50. The summed E-state index contributed by atoms with van der Waals surface area (Å²) >= 11 is 0. The number of carbonyl (C=O) groups is 1. The van der Waals surface area contributed by atoms with E-state index in [1.807, 2.05) is 11.8 Å². The number of amides is 1. The van der Waals surface area contributed by atoms with E-state index in [9.17, 15) is 4.79 Å². The van der Waals surface area contributed by atoms with E-state index in [2.05, 4.69) is 10.3 Å². The van der Waals surface area contributed by atoms with Crippen LogP contribution in [0.2, 0.25) is 0 Å². The SMILES string of the molecule is CC(NC(N)=NC1CCCCC1)C(=O)N1CCCCC1. The highest BCUT2D eigenvalue weighted by Crippen LogP contribution is 2.20. The molecule has 5 heteroatoms. The van der Waals surface area contributed by atoms with Crippen molar-refractivity contribution in [1.82, 2.24) is 10.2 Å². The Labute approximate surface area is 122 Å². The fourth-order valence-electron chi connectivity index (χ4n) is 3.12. The molecule has 2 rings (SSSR count). The summed E-state index contributed by atoms with van der Waals surface area (Å²) in [6.45, 7) is 3.63. The monoisotopic (exact) mass is 280 g/mol. The standard InChI is InChI=1S/C15H28N4O/c1-12(14(20)19-10-6-3-7-11-19)17-15(16)18-13-8-4-2-5-9-13/h12-13H,2-11H2,1H3,(H3,16,17,18). The maximum atomic E-state index is 12.3. The van der Waals surface area contributed by atoms with Crippen LogP contribution in [0.25, 0.3) is 0 Å². The molecule has 1 saturated heterocycles. The van der Waals surface area contributed by atoms with Gasteiger partial charge in [-0.1, -0.05) is 19.3 Å². The molecule has 0 aromatic heterocycles. The van der Waals surface area contributed by atoms with Crippen LogP contribution in [0.1, 0.15) is 58.3 Å². The molecule has 0 spiro atoms. The summed E-state index contributed by atoms with van der Waals surface area (Å²) in [5.41, 5.74) is 5.94. The molecule has 1 saturated carbocycles. The van der Waals surface area contributed by atoms with Gasteiger partial charge in [-0.3, -0.25) is 9.79 Å². The van der Waals surface area contributed by atoms with Gasteiger partial charge < -0.3 is 16.0 Å². The van der Waals surface area contributed by atoms with Crippen molar-refractivity contribution in [2.45, 2.75) is 70.4 Å². The molecule has 0 aromatic carbocycles. The number of nitrogens with one attached hydrogen (secondary N) is 1. The quantitative estimate of drug-likeness (QED) is 0.609. The van der Waals surface area contributed by atoms with Gasteiger partial charge in [0.2, 0.25) is 5.91 Å². The normalized spacial score (nSPS) is 23.4. The summed E-state index contributed by atoms with van der Waals surface area (Å²) < 4.78 is 0. The first-order valence-electron chi connectivity index (χ1n) is 8.05. The number of rotatable bonds is 3. The molecular formula is C15H28N4O. The molecule has 1 unspecified atom stereocenters. The van der Waals surface area contributed by atoms with Crippen LogP contribution in [0, 0.1) is 0 Å². The molecule has 114 valence electrons. The van der Waals surface area contributed by atoms with E-state index in [0.717, 1.165) is 38.8 Å². The van der Waals surface area contributed by atoms with E-state index in [-0.39, 0.29) is 11.9 Å². The van der Waals surface area contributed by atoms with Gasteiger partial charge in [0.25, 0.3) is 0 Å². The summed E-state index contributed by atoms with van der Waals surface area (Å²) in [5.74, 6) is 0.571. The zero-order valence-electron chi connectivity index (χ0n) is 12.6. The van der Waals surface area contributed by atoms with Crippen LogP contribution >= 0.6 is 0 Å². The number of carbonyl (C=O) groups excluding carboxylic acids is 1. The third-order valence-corrected chi connectivity index (χ3v) is 4.30. The number of nitrogens with two attached hydrogens (primary N) is 1. The second-order valence-electron chi connectivity index (χ2n) is 6.06. The van der Waals surface area contributed by atoms with E-state index >= 15 is 0 Å². The van der Waals surface area contributed by atoms with Crippen molar-refractivity contribution in [3.63, 3.8) is 0 Å². The third-order valence-electron chi connectivity index (χ3n) is 4.30. The van der Waals surface area contributed by atoms with Crippen molar-refractivity contribution in [2.24, 2.45) is 10.7 Å². The smallest absolute Gasteiger partial charge is 0.244 e. The first-order chi connectivity index (χ1) is 9.66. The molecule has 1 aliphatic carbocycles. The van der Waals surface area contributed by atoms with Gasteiger partial charge in [-0.25, -0.2) is 0 Å². The summed E-state index contributed by atoms with van der Waals surface area (Å²) in [7, 11) is 0. The van der Waals surface area contributed by atoms with Crippen LogP contribution < -0.4 is 11.1 Å². The van der Waals surface area contributed by atoms with E-state index in [1.54, 1.807) is 0 Å². The molecule has 1 amide bonds. The van der Waals surface area contributed by atoms with Crippen LogP contribution in [0.4, 0.5) is 0 Å². The zero-order valence-corrected chi connectivity index (χ0v) is 12.6. The van der Waals surface area contributed by atoms with Crippen molar-refractivity contribution in [3.05, 3.63) is 0 Å². The molecule has 3 N–H and O–H groups in total. The van der Waals surface area contributed by atoms with Crippen LogP contribution in [0.15, 0.2) is 4.99 Å². The molecule has 5 nitrogen and oxygen atoms in total. The van der Waals surface area contributed by atoms with Crippen LogP contribution in [0.3, 0.4) is 0 Å². The van der Waals surface area contributed by atoms with Gasteiger partial charge in [-0.15, -0.1) is 0 Å². The third kappa shape index (κ3) is 4.39. The van der Waals surface area contributed by atoms with Gasteiger partial charge in [0.1, 0.15) is 6.04 Å². The molecule has 0 radical (unpaired) electrons. The fraction of sp³-hybridized carbons (Fsp3) is 0.867. The van der Waals surface area contributed by atoms with Crippen molar-refractivity contribution in [1.29, 1.82) is 0 Å². The first-order valence-corrected chi connectivity index (χ1v) is 8.05. The number of nitrogens with zero attached hydrogens (tertiary/aromatic N) is 2. The lowest BCUT2D eigenvalue weighted by Gasteiger charge is -2.29. The lowest BCUT2D eigenvalue weighted by molar-refractivity contribution is -0.133. The van der Waals surface area contributed by atoms with E-state index in [1.165, 1.54) is 25.7 Å². The van der Waals surface area contributed by atoms with Gasteiger partial charge in [0.15, 0.2) is 5.96 Å². The molecule has 0 bridgehead atoms. The number of hydrogen-bond acceptors (Lipinski definition) is 2. The topological polar surface area (TPSA) is 70.7 Å². The largest absolute Gasteiger partial charge is 0.370 e. The van der Waals surface area contributed by atoms with Gasteiger partial charge in [0.05, 0.1) is 6.04 Å². The van der Waals surface area contributed by atoms with Crippen LogP contribution in [-0.2, 0) is 4.79 Å². The Morgan fingerprint density at radius 1 is 1.15 bits per heavy atom. The minimum absolute atomic E-state index is 0.145. The highest BCUT2D eigenvalue weighted by atomic mass is 16.2. The van der Waals surface area contributed by atoms with Crippen LogP contribution in [0.5, 0.6) is 0 Å². The van der Waals surface area contributed by atoms with Gasteiger partial charge in [-0.05, 0) is 39.0 Å².